The molecule has 0 bridgehead atoms. The summed E-state index contributed by atoms with van der Waals surface area (Å²) >= 11 is 1.43. The van der Waals surface area contributed by atoms with Crippen LogP contribution in [0.25, 0.3) is 22.6 Å². The Morgan fingerprint density at radius 2 is 1.35 bits per heavy atom. The molecule has 0 saturated carbocycles. The average Bonchev–Trinajstić information content (AvgIpc) is 3.49. The van der Waals surface area contributed by atoms with Gasteiger partial charge in [-0.1, -0.05) is 60.7 Å². The van der Waals surface area contributed by atoms with Gasteiger partial charge in [-0.15, -0.1) is 11.8 Å². The molecule has 1 unspecified atom stereocenters. The van der Waals surface area contributed by atoms with E-state index >= 15 is 0 Å². The number of thioether (sulfide) groups is 1. The number of aromatic nitrogens is 1. The molecule has 1 atom stereocenters. The Balaban J connectivity index is 1.11. The molecule has 5 aromatic carbocycles. The molecule has 43 heavy (non-hydrogen) atoms. The van der Waals surface area contributed by atoms with E-state index in [-0.39, 0.29) is 18.4 Å². The molecule has 0 fully saturated rings. The minimum atomic E-state index is -0.502. The van der Waals surface area contributed by atoms with Crippen LogP contribution in [0.2, 0.25) is 0 Å². The molecule has 1 aromatic heterocycles. The summed E-state index contributed by atoms with van der Waals surface area (Å²) in [5.41, 5.74) is 4.54. The zero-order valence-electron chi connectivity index (χ0n) is 23.0. The van der Waals surface area contributed by atoms with Crippen molar-refractivity contribution in [1.29, 1.82) is 0 Å². The van der Waals surface area contributed by atoms with Crippen LogP contribution in [0.1, 0.15) is 10.8 Å². The SMILES string of the molecule is O=C(COc1ccccc1)Nc1ccc(SC(C(=O)Nc2ccc(-c3nc4ccccc4o3)cc2)c2ccccc2)cc1. The van der Waals surface area contributed by atoms with E-state index in [1.807, 2.05) is 121 Å². The lowest BCUT2D eigenvalue weighted by Crippen LogP contribution is -2.20. The van der Waals surface area contributed by atoms with E-state index in [0.717, 1.165) is 27.1 Å². The highest BCUT2D eigenvalue weighted by Crippen LogP contribution is 2.37. The summed E-state index contributed by atoms with van der Waals surface area (Å²) in [5, 5.41) is 5.39. The van der Waals surface area contributed by atoms with Crippen LogP contribution in [0, 0.1) is 0 Å². The molecule has 1 heterocycles. The predicted octanol–water partition coefficient (Wildman–Crippen LogP) is 7.98. The maximum atomic E-state index is 13.6. The van der Waals surface area contributed by atoms with Gasteiger partial charge in [-0.05, 0) is 78.4 Å². The normalized spacial score (nSPS) is 11.5. The van der Waals surface area contributed by atoms with Crippen molar-refractivity contribution in [3.63, 3.8) is 0 Å². The molecule has 0 spiro atoms. The number of benzene rings is 5. The zero-order valence-corrected chi connectivity index (χ0v) is 23.8. The van der Waals surface area contributed by atoms with Crippen molar-refractivity contribution in [2.75, 3.05) is 17.2 Å². The summed E-state index contributed by atoms with van der Waals surface area (Å²) in [7, 11) is 0. The van der Waals surface area contributed by atoms with E-state index in [1.165, 1.54) is 11.8 Å². The summed E-state index contributed by atoms with van der Waals surface area (Å²) < 4.78 is 11.4. The zero-order chi connectivity index (χ0) is 29.4. The van der Waals surface area contributed by atoms with Crippen molar-refractivity contribution in [3.8, 4) is 17.2 Å². The number of para-hydroxylation sites is 3. The Kier molecular flexibility index (Phi) is 8.47. The molecule has 0 aliphatic heterocycles. The molecule has 212 valence electrons. The lowest BCUT2D eigenvalue weighted by atomic mass is 10.1. The second kappa shape index (κ2) is 13.1. The lowest BCUT2D eigenvalue weighted by molar-refractivity contribution is -0.118. The largest absolute Gasteiger partial charge is 0.484 e. The third kappa shape index (κ3) is 7.12. The van der Waals surface area contributed by atoms with Crippen LogP contribution in [0.4, 0.5) is 11.4 Å². The number of amides is 2. The van der Waals surface area contributed by atoms with Crippen molar-refractivity contribution in [2.24, 2.45) is 0 Å². The Bertz CT molecular complexity index is 1790. The van der Waals surface area contributed by atoms with Crippen LogP contribution in [-0.4, -0.2) is 23.4 Å². The van der Waals surface area contributed by atoms with E-state index in [0.29, 0.717) is 23.0 Å². The van der Waals surface area contributed by atoms with E-state index in [2.05, 4.69) is 15.6 Å². The smallest absolute Gasteiger partial charge is 0.262 e. The number of anilines is 2. The number of nitrogens with one attached hydrogen (secondary N) is 2. The number of oxazole rings is 1. The van der Waals surface area contributed by atoms with Crippen molar-refractivity contribution < 1.29 is 18.7 Å². The maximum absolute atomic E-state index is 13.6. The highest BCUT2D eigenvalue weighted by molar-refractivity contribution is 8.00. The second-order valence-electron chi connectivity index (χ2n) is 9.64. The first-order valence-corrected chi connectivity index (χ1v) is 14.5. The standard InChI is InChI=1S/C35H27N3O4S/c39-32(23-41-28-11-5-2-6-12-28)36-26-19-21-29(22-20-26)43-33(24-9-3-1-4-10-24)34(40)37-27-17-15-25(16-18-27)35-38-30-13-7-8-14-31(30)42-35/h1-22,33H,23H2,(H,36,39)(H,37,40). The molecular weight excluding hydrogens is 558 g/mol. The molecule has 0 aliphatic carbocycles. The number of carbonyl (C=O) groups excluding carboxylic acids is 2. The third-order valence-corrected chi connectivity index (χ3v) is 7.81. The van der Waals surface area contributed by atoms with Gasteiger partial charge in [0.05, 0.1) is 0 Å². The number of hydrogen-bond acceptors (Lipinski definition) is 6. The van der Waals surface area contributed by atoms with Crippen LogP contribution in [-0.2, 0) is 9.59 Å². The summed E-state index contributed by atoms with van der Waals surface area (Å²) in [4.78, 5) is 31.3. The monoisotopic (exact) mass is 585 g/mol. The van der Waals surface area contributed by atoms with Gasteiger partial charge in [0.15, 0.2) is 12.2 Å². The van der Waals surface area contributed by atoms with Gasteiger partial charge >= 0.3 is 0 Å². The van der Waals surface area contributed by atoms with Crippen molar-refractivity contribution in [3.05, 3.63) is 139 Å². The van der Waals surface area contributed by atoms with Crippen LogP contribution >= 0.6 is 11.8 Å². The lowest BCUT2D eigenvalue weighted by Gasteiger charge is -2.17. The minimum absolute atomic E-state index is 0.0907. The number of carbonyl (C=O) groups is 2. The fraction of sp³-hybridized carbons (Fsp3) is 0.0571. The van der Waals surface area contributed by atoms with Gasteiger partial charge in [0, 0.05) is 21.8 Å². The summed E-state index contributed by atoms with van der Waals surface area (Å²) in [6.45, 7) is -0.0907. The fourth-order valence-electron chi connectivity index (χ4n) is 4.42. The molecule has 8 heteroatoms. The van der Waals surface area contributed by atoms with E-state index in [1.54, 1.807) is 12.1 Å². The molecule has 7 nitrogen and oxygen atoms in total. The highest BCUT2D eigenvalue weighted by Gasteiger charge is 2.22. The first kappa shape index (κ1) is 27.8. The van der Waals surface area contributed by atoms with Gasteiger partial charge in [0.2, 0.25) is 11.8 Å². The Morgan fingerprint density at radius 3 is 2.07 bits per heavy atom. The summed E-state index contributed by atoms with van der Waals surface area (Å²) in [6, 6.07) is 41.3. The Hall–Kier alpha value is -5.34. The molecule has 0 saturated heterocycles. The summed E-state index contributed by atoms with van der Waals surface area (Å²) in [6.07, 6.45) is 0. The topological polar surface area (TPSA) is 93.5 Å². The Labute approximate surface area is 252 Å². The van der Waals surface area contributed by atoms with Gasteiger partial charge in [-0.3, -0.25) is 9.59 Å². The van der Waals surface area contributed by atoms with Crippen molar-refractivity contribution in [2.45, 2.75) is 10.1 Å². The van der Waals surface area contributed by atoms with E-state index in [9.17, 15) is 9.59 Å². The molecule has 6 aromatic rings. The van der Waals surface area contributed by atoms with Gasteiger partial charge < -0.3 is 19.8 Å². The number of fused-ring (bicyclic) bond motifs is 1. The van der Waals surface area contributed by atoms with Crippen LogP contribution in [0.3, 0.4) is 0 Å². The number of ether oxygens (including phenoxy) is 1. The fourth-order valence-corrected chi connectivity index (χ4v) is 5.44. The predicted molar refractivity (Wildman–Crippen MR) is 170 cm³/mol. The first-order chi connectivity index (χ1) is 21.1. The van der Waals surface area contributed by atoms with Gasteiger partial charge in [-0.25, -0.2) is 4.98 Å². The maximum Gasteiger partial charge on any atom is 0.262 e. The van der Waals surface area contributed by atoms with Crippen LogP contribution in [0.5, 0.6) is 5.75 Å². The number of nitrogens with zero attached hydrogens (tertiary/aromatic N) is 1. The third-order valence-electron chi connectivity index (χ3n) is 6.54. The quantitative estimate of drug-likeness (QED) is 0.158. The summed E-state index contributed by atoms with van der Waals surface area (Å²) in [5.74, 6) is 0.753. The van der Waals surface area contributed by atoms with Gasteiger partial charge in [-0.2, -0.15) is 0 Å². The molecule has 0 aliphatic rings. The number of rotatable bonds is 10. The molecule has 6 rings (SSSR count). The minimum Gasteiger partial charge on any atom is -0.484 e. The van der Waals surface area contributed by atoms with Gasteiger partial charge in [0.1, 0.15) is 16.5 Å². The molecular formula is C35H27N3O4S. The molecule has 2 N–H and O–H groups in total. The van der Waals surface area contributed by atoms with Crippen LogP contribution in [0.15, 0.2) is 143 Å². The number of hydrogen-bond donors (Lipinski definition) is 2. The van der Waals surface area contributed by atoms with Crippen molar-refractivity contribution in [1.82, 2.24) is 4.98 Å². The van der Waals surface area contributed by atoms with Crippen molar-refractivity contribution >= 4 is 46.1 Å². The second-order valence-corrected chi connectivity index (χ2v) is 10.8. The highest BCUT2D eigenvalue weighted by atomic mass is 32.2. The Morgan fingerprint density at radius 1 is 0.721 bits per heavy atom. The average molecular weight is 586 g/mol. The van der Waals surface area contributed by atoms with E-state index in [4.69, 9.17) is 9.15 Å². The van der Waals surface area contributed by atoms with Crippen LogP contribution < -0.4 is 15.4 Å². The molecule has 2 amide bonds. The van der Waals surface area contributed by atoms with Gasteiger partial charge in [0.25, 0.3) is 5.91 Å². The molecule has 0 radical (unpaired) electrons. The van der Waals surface area contributed by atoms with E-state index < -0.39 is 5.25 Å². The first-order valence-electron chi connectivity index (χ1n) is 13.7.